The molecular formula is C14H14ClN3S. The molecular weight excluding hydrogens is 278 g/mol. The van der Waals surface area contributed by atoms with E-state index >= 15 is 0 Å². The Morgan fingerprint density at radius 2 is 2.16 bits per heavy atom. The minimum Gasteiger partial charge on any atom is -0.341 e. The van der Waals surface area contributed by atoms with Crippen molar-refractivity contribution in [3.05, 3.63) is 51.4 Å². The zero-order valence-corrected chi connectivity index (χ0v) is 12.1. The van der Waals surface area contributed by atoms with E-state index in [9.17, 15) is 0 Å². The molecule has 0 spiro atoms. The molecule has 1 atom stereocenters. The Balaban J connectivity index is 1.68. The number of aromatic nitrogens is 2. The predicted molar refractivity (Wildman–Crippen MR) is 80.7 cm³/mol. The number of fused-ring (bicyclic) bond motifs is 1. The van der Waals surface area contributed by atoms with Gasteiger partial charge in [0.1, 0.15) is 5.82 Å². The minimum atomic E-state index is 0.269. The molecule has 0 amide bonds. The van der Waals surface area contributed by atoms with Crippen LogP contribution in [0.1, 0.15) is 23.7 Å². The molecule has 2 N–H and O–H groups in total. The molecule has 0 saturated carbocycles. The number of H-pyrrole nitrogens is 1. The monoisotopic (exact) mass is 291 g/mol. The third kappa shape index (κ3) is 2.81. The molecule has 0 aliphatic rings. The largest absolute Gasteiger partial charge is 0.341 e. The summed E-state index contributed by atoms with van der Waals surface area (Å²) in [6, 6.07) is 12.3. The summed E-state index contributed by atoms with van der Waals surface area (Å²) in [5, 5.41) is 3.45. The number of halogens is 1. The van der Waals surface area contributed by atoms with Gasteiger partial charge in [0.15, 0.2) is 0 Å². The van der Waals surface area contributed by atoms with E-state index in [2.05, 4.69) is 28.3 Å². The van der Waals surface area contributed by atoms with Crippen LogP contribution in [0, 0.1) is 0 Å². The van der Waals surface area contributed by atoms with E-state index in [0.717, 1.165) is 21.2 Å². The smallest absolute Gasteiger partial charge is 0.121 e. The van der Waals surface area contributed by atoms with Gasteiger partial charge in [-0.05, 0) is 31.2 Å². The Morgan fingerprint density at radius 1 is 1.32 bits per heavy atom. The van der Waals surface area contributed by atoms with Crippen molar-refractivity contribution in [1.82, 2.24) is 15.3 Å². The Hall–Kier alpha value is -1.36. The van der Waals surface area contributed by atoms with Crippen molar-refractivity contribution < 1.29 is 0 Å². The van der Waals surface area contributed by atoms with Crippen LogP contribution in [0.4, 0.5) is 0 Å². The number of benzene rings is 1. The van der Waals surface area contributed by atoms with Gasteiger partial charge in [-0.25, -0.2) is 4.98 Å². The van der Waals surface area contributed by atoms with E-state index < -0.39 is 0 Å². The maximum absolute atomic E-state index is 5.95. The van der Waals surface area contributed by atoms with Gasteiger partial charge >= 0.3 is 0 Å². The lowest BCUT2D eigenvalue weighted by Gasteiger charge is -2.10. The Bertz CT molecular complexity index is 656. The van der Waals surface area contributed by atoms with Crippen LogP contribution in [0.5, 0.6) is 0 Å². The highest BCUT2D eigenvalue weighted by atomic mass is 35.5. The third-order valence-corrected chi connectivity index (χ3v) is 4.45. The van der Waals surface area contributed by atoms with Crippen molar-refractivity contribution in [2.75, 3.05) is 0 Å². The van der Waals surface area contributed by atoms with E-state index in [0.29, 0.717) is 6.54 Å². The molecule has 0 saturated heterocycles. The molecule has 2 heterocycles. The second kappa shape index (κ2) is 5.33. The number of para-hydroxylation sites is 2. The molecule has 1 unspecified atom stereocenters. The van der Waals surface area contributed by atoms with Crippen LogP contribution < -0.4 is 5.32 Å². The van der Waals surface area contributed by atoms with E-state index in [4.69, 9.17) is 11.6 Å². The first-order chi connectivity index (χ1) is 9.22. The lowest BCUT2D eigenvalue weighted by Crippen LogP contribution is -2.17. The summed E-state index contributed by atoms with van der Waals surface area (Å²) in [5.41, 5.74) is 2.08. The Labute approximate surface area is 120 Å². The van der Waals surface area contributed by atoms with Crippen molar-refractivity contribution in [3.63, 3.8) is 0 Å². The van der Waals surface area contributed by atoms with Crippen LogP contribution in [0.3, 0.4) is 0 Å². The van der Waals surface area contributed by atoms with Crippen LogP contribution in [0.15, 0.2) is 36.4 Å². The SMILES string of the molecule is CC(NCc1nc2ccccc2[nH]1)c1ccc(Cl)s1. The number of nitrogens with one attached hydrogen (secondary N) is 2. The molecule has 3 rings (SSSR count). The van der Waals surface area contributed by atoms with Gasteiger partial charge in [0, 0.05) is 10.9 Å². The summed E-state index contributed by atoms with van der Waals surface area (Å²) >= 11 is 7.56. The van der Waals surface area contributed by atoms with Crippen molar-refractivity contribution in [1.29, 1.82) is 0 Å². The van der Waals surface area contributed by atoms with Crippen LogP contribution in [0.25, 0.3) is 11.0 Å². The summed E-state index contributed by atoms with van der Waals surface area (Å²) in [7, 11) is 0. The first kappa shape index (κ1) is 12.7. The highest BCUT2D eigenvalue weighted by Gasteiger charge is 2.09. The zero-order chi connectivity index (χ0) is 13.2. The van der Waals surface area contributed by atoms with Crippen LogP contribution in [0.2, 0.25) is 4.34 Å². The topological polar surface area (TPSA) is 40.7 Å². The average Bonchev–Trinajstić information content (AvgIpc) is 3.01. The van der Waals surface area contributed by atoms with E-state index in [1.807, 2.05) is 30.3 Å². The fourth-order valence-corrected chi connectivity index (χ4v) is 3.09. The van der Waals surface area contributed by atoms with Crippen molar-refractivity contribution >= 4 is 34.0 Å². The number of imidazole rings is 1. The van der Waals surface area contributed by atoms with Crippen molar-refractivity contribution in [2.45, 2.75) is 19.5 Å². The summed E-state index contributed by atoms with van der Waals surface area (Å²) < 4.78 is 0.826. The minimum absolute atomic E-state index is 0.269. The molecule has 5 heteroatoms. The van der Waals surface area contributed by atoms with E-state index in [1.54, 1.807) is 11.3 Å². The first-order valence-corrected chi connectivity index (χ1v) is 7.34. The van der Waals surface area contributed by atoms with Gasteiger partial charge in [0.2, 0.25) is 0 Å². The van der Waals surface area contributed by atoms with Gasteiger partial charge in [0.25, 0.3) is 0 Å². The third-order valence-electron chi connectivity index (χ3n) is 3.03. The fourth-order valence-electron chi connectivity index (χ4n) is 2.00. The molecule has 0 radical (unpaired) electrons. The molecule has 3 aromatic rings. The maximum atomic E-state index is 5.95. The zero-order valence-electron chi connectivity index (χ0n) is 10.5. The van der Waals surface area contributed by atoms with Gasteiger partial charge in [-0.15, -0.1) is 11.3 Å². The summed E-state index contributed by atoms with van der Waals surface area (Å²) in [4.78, 5) is 9.09. The number of nitrogens with zero attached hydrogens (tertiary/aromatic N) is 1. The lowest BCUT2D eigenvalue weighted by molar-refractivity contribution is 0.570. The van der Waals surface area contributed by atoms with Gasteiger partial charge < -0.3 is 10.3 Å². The molecule has 19 heavy (non-hydrogen) atoms. The molecule has 0 aliphatic carbocycles. The van der Waals surface area contributed by atoms with Gasteiger partial charge in [0.05, 0.1) is 21.9 Å². The fraction of sp³-hybridized carbons (Fsp3) is 0.214. The summed E-state index contributed by atoms with van der Waals surface area (Å²) in [6.07, 6.45) is 0. The predicted octanol–water partition coefficient (Wildman–Crippen LogP) is 4.13. The quantitative estimate of drug-likeness (QED) is 0.759. The second-order valence-corrected chi connectivity index (χ2v) is 6.19. The highest BCUT2D eigenvalue weighted by Crippen LogP contribution is 2.26. The normalized spacial score (nSPS) is 12.9. The second-order valence-electron chi connectivity index (χ2n) is 4.45. The lowest BCUT2D eigenvalue weighted by atomic mass is 10.3. The molecule has 0 aliphatic heterocycles. The molecule has 3 nitrogen and oxygen atoms in total. The molecule has 0 bridgehead atoms. The van der Waals surface area contributed by atoms with Crippen LogP contribution >= 0.6 is 22.9 Å². The average molecular weight is 292 g/mol. The van der Waals surface area contributed by atoms with Crippen LogP contribution in [-0.4, -0.2) is 9.97 Å². The van der Waals surface area contributed by atoms with E-state index in [1.165, 1.54) is 4.88 Å². The number of aromatic amines is 1. The van der Waals surface area contributed by atoms with Crippen LogP contribution in [-0.2, 0) is 6.54 Å². The van der Waals surface area contributed by atoms with Gasteiger partial charge in [-0.2, -0.15) is 0 Å². The molecule has 2 aromatic heterocycles. The van der Waals surface area contributed by atoms with Gasteiger partial charge in [-0.3, -0.25) is 0 Å². The summed E-state index contributed by atoms with van der Waals surface area (Å²) in [6.45, 7) is 2.84. The van der Waals surface area contributed by atoms with Gasteiger partial charge in [-0.1, -0.05) is 23.7 Å². The first-order valence-electron chi connectivity index (χ1n) is 6.14. The number of thiophene rings is 1. The molecule has 98 valence electrons. The molecule has 1 aromatic carbocycles. The van der Waals surface area contributed by atoms with Crippen molar-refractivity contribution in [2.24, 2.45) is 0 Å². The molecule has 0 fully saturated rings. The number of rotatable bonds is 4. The number of hydrogen-bond acceptors (Lipinski definition) is 3. The van der Waals surface area contributed by atoms with E-state index in [-0.39, 0.29) is 6.04 Å². The Morgan fingerprint density at radius 3 is 2.89 bits per heavy atom. The standard InChI is InChI=1S/C14H14ClN3S/c1-9(12-6-7-13(15)19-12)16-8-14-17-10-4-2-3-5-11(10)18-14/h2-7,9,16H,8H2,1H3,(H,17,18). The number of hydrogen-bond donors (Lipinski definition) is 2. The van der Waals surface area contributed by atoms with Crippen molar-refractivity contribution in [3.8, 4) is 0 Å². The highest BCUT2D eigenvalue weighted by molar-refractivity contribution is 7.16. The Kier molecular flexibility index (Phi) is 3.55. The maximum Gasteiger partial charge on any atom is 0.121 e. The summed E-state index contributed by atoms with van der Waals surface area (Å²) in [5.74, 6) is 0.954.